The highest BCUT2D eigenvalue weighted by molar-refractivity contribution is 5.27. The number of hydrogen-bond acceptors (Lipinski definition) is 3. The lowest BCUT2D eigenvalue weighted by Crippen LogP contribution is -2.33. The summed E-state index contributed by atoms with van der Waals surface area (Å²) in [6.45, 7) is 5.36. The van der Waals surface area contributed by atoms with Crippen molar-refractivity contribution in [2.24, 2.45) is 0 Å². The molecule has 0 radical (unpaired) electrons. The van der Waals surface area contributed by atoms with E-state index in [2.05, 4.69) is 4.90 Å². The zero-order valence-electron chi connectivity index (χ0n) is 10.4. The first-order valence-corrected chi connectivity index (χ1v) is 6.34. The Balaban J connectivity index is 1.73. The Kier molecular flexibility index (Phi) is 4.40. The molecule has 1 aromatic rings. The molecule has 17 heavy (non-hydrogen) atoms. The van der Waals surface area contributed by atoms with Crippen molar-refractivity contribution in [3.8, 4) is 5.75 Å². The van der Waals surface area contributed by atoms with Gasteiger partial charge in [-0.25, -0.2) is 0 Å². The standard InChI is InChI=1S/C14H21NO2/c1-12-5-4-6-14(9-12)17-11-13(16)10-15-7-2-3-8-15/h4-6,9,13,16H,2-3,7-8,10-11H2,1H3. The van der Waals surface area contributed by atoms with E-state index >= 15 is 0 Å². The van der Waals surface area contributed by atoms with Gasteiger partial charge in [-0.1, -0.05) is 12.1 Å². The third-order valence-corrected chi connectivity index (χ3v) is 3.10. The highest BCUT2D eigenvalue weighted by atomic mass is 16.5. The Morgan fingerprint density at radius 2 is 2.12 bits per heavy atom. The lowest BCUT2D eigenvalue weighted by atomic mass is 10.2. The predicted molar refractivity (Wildman–Crippen MR) is 68.4 cm³/mol. The summed E-state index contributed by atoms with van der Waals surface area (Å²) >= 11 is 0. The van der Waals surface area contributed by atoms with Gasteiger partial charge in [-0.3, -0.25) is 0 Å². The maximum absolute atomic E-state index is 9.87. The van der Waals surface area contributed by atoms with Crippen molar-refractivity contribution >= 4 is 0 Å². The fourth-order valence-electron chi connectivity index (χ4n) is 2.21. The number of aryl methyl sites for hydroxylation is 1. The van der Waals surface area contributed by atoms with E-state index in [0.717, 1.165) is 25.4 Å². The number of likely N-dealkylation sites (tertiary alicyclic amines) is 1. The van der Waals surface area contributed by atoms with E-state index in [1.165, 1.54) is 18.4 Å². The summed E-state index contributed by atoms with van der Waals surface area (Å²) in [7, 11) is 0. The van der Waals surface area contributed by atoms with Crippen LogP contribution in [-0.2, 0) is 0 Å². The Labute approximate surface area is 103 Å². The van der Waals surface area contributed by atoms with Gasteiger partial charge in [-0.15, -0.1) is 0 Å². The molecule has 0 bridgehead atoms. The Morgan fingerprint density at radius 3 is 2.82 bits per heavy atom. The number of rotatable bonds is 5. The Bertz CT molecular complexity index is 348. The summed E-state index contributed by atoms with van der Waals surface area (Å²) in [5.41, 5.74) is 1.18. The van der Waals surface area contributed by atoms with Crippen molar-refractivity contribution in [2.75, 3.05) is 26.2 Å². The van der Waals surface area contributed by atoms with Crippen LogP contribution in [-0.4, -0.2) is 42.4 Å². The molecular weight excluding hydrogens is 214 g/mol. The van der Waals surface area contributed by atoms with E-state index in [0.29, 0.717) is 6.61 Å². The quantitative estimate of drug-likeness (QED) is 0.845. The van der Waals surface area contributed by atoms with Gasteiger partial charge in [0.05, 0.1) is 0 Å². The number of aliphatic hydroxyl groups excluding tert-OH is 1. The third kappa shape index (κ3) is 4.02. The molecule has 94 valence electrons. The van der Waals surface area contributed by atoms with E-state index in [4.69, 9.17) is 4.74 Å². The van der Waals surface area contributed by atoms with Crippen LogP contribution in [0.15, 0.2) is 24.3 Å². The van der Waals surface area contributed by atoms with E-state index in [1.54, 1.807) is 0 Å². The molecular formula is C14H21NO2. The van der Waals surface area contributed by atoms with Crippen LogP contribution in [0, 0.1) is 6.92 Å². The van der Waals surface area contributed by atoms with E-state index in [1.807, 2.05) is 31.2 Å². The molecule has 1 N–H and O–H groups in total. The number of ether oxygens (including phenoxy) is 1. The topological polar surface area (TPSA) is 32.7 Å². The molecule has 2 rings (SSSR count). The summed E-state index contributed by atoms with van der Waals surface area (Å²) < 4.78 is 5.58. The van der Waals surface area contributed by atoms with Crippen LogP contribution in [0.5, 0.6) is 5.75 Å². The average Bonchev–Trinajstić information content (AvgIpc) is 2.79. The Morgan fingerprint density at radius 1 is 1.35 bits per heavy atom. The molecule has 1 aliphatic rings. The van der Waals surface area contributed by atoms with Crippen molar-refractivity contribution in [2.45, 2.75) is 25.9 Å². The molecule has 1 heterocycles. The molecule has 1 fully saturated rings. The maximum Gasteiger partial charge on any atom is 0.119 e. The normalized spacial score (nSPS) is 18.2. The predicted octanol–water partition coefficient (Wildman–Crippen LogP) is 1.83. The lowest BCUT2D eigenvalue weighted by Gasteiger charge is -2.19. The first kappa shape index (κ1) is 12.4. The molecule has 0 amide bonds. The molecule has 3 nitrogen and oxygen atoms in total. The van der Waals surface area contributed by atoms with Crippen LogP contribution < -0.4 is 4.74 Å². The second-order valence-corrected chi connectivity index (χ2v) is 4.79. The first-order chi connectivity index (χ1) is 8.24. The van der Waals surface area contributed by atoms with Crippen molar-refractivity contribution in [3.05, 3.63) is 29.8 Å². The fraction of sp³-hybridized carbons (Fsp3) is 0.571. The lowest BCUT2D eigenvalue weighted by molar-refractivity contribution is 0.0758. The summed E-state index contributed by atoms with van der Waals surface area (Å²) in [6.07, 6.45) is 2.12. The van der Waals surface area contributed by atoms with Gasteiger partial charge in [-0.05, 0) is 50.6 Å². The second kappa shape index (κ2) is 6.03. The van der Waals surface area contributed by atoms with Crippen molar-refractivity contribution in [1.29, 1.82) is 0 Å². The minimum absolute atomic E-state index is 0.375. The number of nitrogens with zero attached hydrogens (tertiary/aromatic N) is 1. The van der Waals surface area contributed by atoms with E-state index < -0.39 is 6.10 Å². The smallest absolute Gasteiger partial charge is 0.119 e. The number of hydrogen-bond donors (Lipinski definition) is 1. The maximum atomic E-state index is 9.87. The molecule has 0 aliphatic carbocycles. The molecule has 3 heteroatoms. The zero-order chi connectivity index (χ0) is 12.1. The van der Waals surface area contributed by atoms with Gasteiger partial charge in [0.1, 0.15) is 18.5 Å². The average molecular weight is 235 g/mol. The molecule has 0 aromatic heterocycles. The van der Waals surface area contributed by atoms with Gasteiger partial charge in [0.25, 0.3) is 0 Å². The van der Waals surface area contributed by atoms with Gasteiger partial charge in [-0.2, -0.15) is 0 Å². The molecule has 1 aromatic carbocycles. The van der Waals surface area contributed by atoms with Crippen LogP contribution >= 0.6 is 0 Å². The summed E-state index contributed by atoms with van der Waals surface area (Å²) in [5, 5.41) is 9.87. The largest absolute Gasteiger partial charge is 0.491 e. The summed E-state index contributed by atoms with van der Waals surface area (Å²) in [6, 6.07) is 7.92. The number of aliphatic hydroxyl groups is 1. The minimum Gasteiger partial charge on any atom is -0.491 e. The number of benzene rings is 1. The number of β-amino-alcohol motifs (C(OH)–C–C–N with tert-alkyl or cyclic N) is 1. The summed E-state index contributed by atoms with van der Waals surface area (Å²) in [4.78, 5) is 2.30. The van der Waals surface area contributed by atoms with Crippen LogP contribution in [0.2, 0.25) is 0 Å². The monoisotopic (exact) mass is 235 g/mol. The van der Waals surface area contributed by atoms with Gasteiger partial charge in [0, 0.05) is 6.54 Å². The minimum atomic E-state index is -0.395. The summed E-state index contributed by atoms with van der Waals surface area (Å²) in [5.74, 6) is 0.838. The fourth-order valence-corrected chi connectivity index (χ4v) is 2.21. The van der Waals surface area contributed by atoms with Gasteiger partial charge in [0.2, 0.25) is 0 Å². The highest BCUT2D eigenvalue weighted by Crippen LogP contribution is 2.13. The van der Waals surface area contributed by atoms with Crippen LogP contribution in [0.1, 0.15) is 18.4 Å². The molecule has 1 unspecified atom stereocenters. The van der Waals surface area contributed by atoms with Gasteiger partial charge in [0.15, 0.2) is 0 Å². The second-order valence-electron chi connectivity index (χ2n) is 4.79. The molecule has 1 saturated heterocycles. The molecule has 1 aliphatic heterocycles. The Hall–Kier alpha value is -1.06. The van der Waals surface area contributed by atoms with Crippen LogP contribution in [0.25, 0.3) is 0 Å². The van der Waals surface area contributed by atoms with Crippen LogP contribution in [0.3, 0.4) is 0 Å². The first-order valence-electron chi connectivity index (χ1n) is 6.34. The van der Waals surface area contributed by atoms with Crippen molar-refractivity contribution in [1.82, 2.24) is 4.90 Å². The van der Waals surface area contributed by atoms with Gasteiger partial charge < -0.3 is 14.7 Å². The third-order valence-electron chi connectivity index (χ3n) is 3.10. The SMILES string of the molecule is Cc1cccc(OCC(O)CN2CCCC2)c1. The highest BCUT2D eigenvalue weighted by Gasteiger charge is 2.15. The van der Waals surface area contributed by atoms with E-state index in [9.17, 15) is 5.11 Å². The van der Waals surface area contributed by atoms with Crippen molar-refractivity contribution in [3.63, 3.8) is 0 Å². The van der Waals surface area contributed by atoms with Crippen molar-refractivity contribution < 1.29 is 9.84 Å². The molecule has 1 atom stereocenters. The van der Waals surface area contributed by atoms with E-state index in [-0.39, 0.29) is 0 Å². The zero-order valence-corrected chi connectivity index (χ0v) is 10.4. The molecule has 0 spiro atoms. The molecule has 0 saturated carbocycles. The van der Waals surface area contributed by atoms with Crippen LogP contribution in [0.4, 0.5) is 0 Å². The van der Waals surface area contributed by atoms with Gasteiger partial charge >= 0.3 is 0 Å².